The van der Waals surface area contributed by atoms with E-state index in [1.165, 1.54) is 10.2 Å². The number of aromatic nitrogens is 3. The number of H-pyrrole nitrogens is 1. The van der Waals surface area contributed by atoms with Gasteiger partial charge in [0.15, 0.2) is 5.65 Å². The lowest BCUT2D eigenvalue weighted by molar-refractivity contribution is 0.587. The molecule has 2 aromatic heterocycles. The van der Waals surface area contributed by atoms with Crippen molar-refractivity contribution in [3.05, 3.63) is 58.5 Å². The summed E-state index contributed by atoms with van der Waals surface area (Å²) in [6.07, 6.45) is 1.45. The molecule has 0 aliphatic heterocycles. The van der Waals surface area contributed by atoms with Gasteiger partial charge in [0.2, 0.25) is 10.0 Å². The molecular formula is C14H13N3O2S2. The fraction of sp³-hybridized carbons (Fsp3) is 0.143. The van der Waals surface area contributed by atoms with Crippen molar-refractivity contribution >= 4 is 33.4 Å². The van der Waals surface area contributed by atoms with Gasteiger partial charge in [-0.3, -0.25) is 0 Å². The molecule has 0 spiro atoms. The van der Waals surface area contributed by atoms with Gasteiger partial charge in [-0.05, 0) is 18.6 Å². The Hall–Kier alpha value is -1.99. The van der Waals surface area contributed by atoms with E-state index in [1.54, 1.807) is 25.1 Å². The zero-order valence-electron chi connectivity index (χ0n) is 11.3. The summed E-state index contributed by atoms with van der Waals surface area (Å²) in [4.78, 5) is 7.11. The minimum absolute atomic E-state index is 0.0736. The van der Waals surface area contributed by atoms with E-state index >= 15 is 0 Å². The van der Waals surface area contributed by atoms with Gasteiger partial charge in [0.05, 0.1) is 17.5 Å². The van der Waals surface area contributed by atoms with Crippen molar-refractivity contribution in [3.63, 3.8) is 0 Å². The highest BCUT2D eigenvalue weighted by Crippen LogP contribution is 2.20. The van der Waals surface area contributed by atoms with Crippen LogP contribution in [-0.2, 0) is 15.8 Å². The molecule has 0 saturated heterocycles. The van der Waals surface area contributed by atoms with Gasteiger partial charge in [0.1, 0.15) is 4.64 Å². The lowest BCUT2D eigenvalue weighted by atomic mass is 10.2. The van der Waals surface area contributed by atoms with Crippen LogP contribution in [0.4, 0.5) is 0 Å². The van der Waals surface area contributed by atoms with Crippen LogP contribution < -0.4 is 0 Å². The molecule has 0 amide bonds. The molecule has 0 atom stereocenters. The third kappa shape index (κ3) is 2.62. The average molecular weight is 319 g/mol. The van der Waals surface area contributed by atoms with Crippen molar-refractivity contribution in [2.45, 2.75) is 12.7 Å². The van der Waals surface area contributed by atoms with Crippen molar-refractivity contribution in [2.24, 2.45) is 0 Å². The highest BCUT2D eigenvalue weighted by molar-refractivity contribution is 7.89. The molecule has 0 aliphatic carbocycles. The molecule has 21 heavy (non-hydrogen) atoms. The van der Waals surface area contributed by atoms with Crippen LogP contribution >= 0.6 is 12.2 Å². The predicted octanol–water partition coefficient (Wildman–Crippen LogP) is 2.78. The normalized spacial score (nSPS) is 11.9. The van der Waals surface area contributed by atoms with Crippen LogP contribution in [0, 0.1) is 11.6 Å². The summed E-state index contributed by atoms with van der Waals surface area (Å²) < 4.78 is 27.1. The highest BCUT2D eigenvalue weighted by atomic mass is 32.2. The molecule has 7 heteroatoms. The molecule has 1 N–H and O–H groups in total. The van der Waals surface area contributed by atoms with E-state index in [2.05, 4.69) is 9.97 Å². The van der Waals surface area contributed by atoms with Crippen molar-refractivity contribution in [1.29, 1.82) is 0 Å². The lowest BCUT2D eigenvalue weighted by Crippen LogP contribution is -2.16. The van der Waals surface area contributed by atoms with E-state index in [0.29, 0.717) is 21.5 Å². The zero-order chi connectivity index (χ0) is 15.0. The number of nitrogens with zero attached hydrogens (tertiary/aromatic N) is 2. The first-order chi connectivity index (χ1) is 9.97. The largest absolute Gasteiger partial charge is 0.342 e. The van der Waals surface area contributed by atoms with Crippen molar-refractivity contribution in [3.8, 4) is 0 Å². The third-order valence-electron chi connectivity index (χ3n) is 3.14. The number of rotatable bonds is 3. The van der Waals surface area contributed by atoms with E-state index < -0.39 is 10.0 Å². The van der Waals surface area contributed by atoms with Gasteiger partial charge < -0.3 is 4.98 Å². The summed E-state index contributed by atoms with van der Waals surface area (Å²) in [6.45, 7) is 1.74. The highest BCUT2D eigenvalue weighted by Gasteiger charge is 2.20. The van der Waals surface area contributed by atoms with Crippen molar-refractivity contribution < 1.29 is 8.42 Å². The molecule has 0 bridgehead atoms. The topological polar surface area (TPSA) is 67.8 Å². The fourth-order valence-corrected chi connectivity index (χ4v) is 4.11. The second-order valence-corrected chi connectivity index (χ2v) is 7.03. The summed E-state index contributed by atoms with van der Waals surface area (Å²) in [5.41, 5.74) is 2.33. The maximum absolute atomic E-state index is 12.7. The number of aromatic amines is 1. The van der Waals surface area contributed by atoms with Gasteiger partial charge in [0.25, 0.3) is 0 Å². The first-order valence-electron chi connectivity index (χ1n) is 6.32. The maximum atomic E-state index is 12.7. The summed E-state index contributed by atoms with van der Waals surface area (Å²) in [5, 5.41) is 0. The molecule has 3 rings (SSSR count). The van der Waals surface area contributed by atoms with Crippen LogP contribution in [0.1, 0.15) is 11.3 Å². The van der Waals surface area contributed by atoms with E-state index in [9.17, 15) is 8.42 Å². The molecule has 0 fully saturated rings. The second-order valence-electron chi connectivity index (χ2n) is 4.78. The Morgan fingerprint density at radius 3 is 2.71 bits per heavy atom. The number of fused-ring (bicyclic) bond motifs is 1. The maximum Gasteiger partial charge on any atom is 0.244 e. The Balaban J connectivity index is 2.15. The number of hydrogen-bond acceptors (Lipinski definition) is 4. The Labute approximate surface area is 127 Å². The minimum Gasteiger partial charge on any atom is -0.342 e. The SMILES string of the molecule is Cc1cc2[nH]c(=S)cnc2n1S(=O)(=O)Cc1ccccc1. The van der Waals surface area contributed by atoms with Gasteiger partial charge in [-0.2, -0.15) is 0 Å². The van der Waals surface area contributed by atoms with Crippen LogP contribution in [0.3, 0.4) is 0 Å². The van der Waals surface area contributed by atoms with Gasteiger partial charge >= 0.3 is 0 Å². The molecule has 5 nitrogen and oxygen atoms in total. The fourth-order valence-electron chi connectivity index (χ4n) is 2.31. The molecule has 2 heterocycles. The first-order valence-corrected chi connectivity index (χ1v) is 8.34. The third-order valence-corrected chi connectivity index (χ3v) is 5.06. The van der Waals surface area contributed by atoms with Gasteiger partial charge in [-0.1, -0.05) is 42.5 Å². The van der Waals surface area contributed by atoms with Crippen LogP contribution in [-0.4, -0.2) is 22.4 Å². The Morgan fingerprint density at radius 1 is 1.29 bits per heavy atom. The zero-order valence-corrected chi connectivity index (χ0v) is 12.9. The van der Waals surface area contributed by atoms with E-state index in [0.717, 1.165) is 5.56 Å². The van der Waals surface area contributed by atoms with E-state index in [1.807, 2.05) is 18.2 Å². The van der Waals surface area contributed by atoms with Crippen LogP contribution in [0.25, 0.3) is 11.2 Å². The monoisotopic (exact) mass is 319 g/mol. The predicted molar refractivity (Wildman–Crippen MR) is 84.1 cm³/mol. The standard InChI is InChI=1S/C14H13N3O2S2/c1-10-7-12-14(15-8-13(20)16-12)17(10)21(18,19)9-11-5-3-2-4-6-11/h2-8H,9H2,1H3,(H,16,20). The van der Waals surface area contributed by atoms with Crippen molar-refractivity contribution in [1.82, 2.24) is 13.9 Å². The average Bonchev–Trinajstić information content (AvgIpc) is 2.75. The van der Waals surface area contributed by atoms with Crippen LogP contribution in [0.15, 0.2) is 42.6 Å². The smallest absolute Gasteiger partial charge is 0.244 e. The molecule has 0 saturated carbocycles. The Morgan fingerprint density at radius 2 is 2.00 bits per heavy atom. The molecule has 3 aromatic rings. The minimum atomic E-state index is -3.54. The van der Waals surface area contributed by atoms with Crippen LogP contribution in [0.5, 0.6) is 0 Å². The second kappa shape index (κ2) is 5.09. The van der Waals surface area contributed by atoms with E-state index in [-0.39, 0.29) is 5.75 Å². The number of hydrogen-bond donors (Lipinski definition) is 1. The summed E-state index contributed by atoms with van der Waals surface area (Å²) in [5.74, 6) is -0.0736. The van der Waals surface area contributed by atoms with E-state index in [4.69, 9.17) is 12.2 Å². The quantitative estimate of drug-likeness (QED) is 0.754. The van der Waals surface area contributed by atoms with Gasteiger partial charge in [0, 0.05) is 5.69 Å². The summed E-state index contributed by atoms with van der Waals surface area (Å²) in [6, 6.07) is 10.8. The molecule has 1 aromatic carbocycles. The molecule has 0 radical (unpaired) electrons. The molecule has 0 unspecified atom stereocenters. The summed E-state index contributed by atoms with van der Waals surface area (Å²) >= 11 is 5.01. The lowest BCUT2D eigenvalue weighted by Gasteiger charge is -2.09. The molecular weight excluding hydrogens is 306 g/mol. The Bertz CT molecular complexity index is 957. The van der Waals surface area contributed by atoms with Gasteiger partial charge in [-0.15, -0.1) is 0 Å². The van der Waals surface area contributed by atoms with Crippen LogP contribution in [0.2, 0.25) is 0 Å². The number of benzene rings is 1. The Kier molecular flexibility index (Phi) is 3.38. The molecule has 0 aliphatic rings. The number of nitrogens with one attached hydrogen (secondary N) is 1. The number of aryl methyl sites for hydroxylation is 1. The first kappa shape index (κ1) is 14.0. The van der Waals surface area contributed by atoms with Crippen molar-refractivity contribution in [2.75, 3.05) is 0 Å². The molecule has 108 valence electrons. The van der Waals surface area contributed by atoms with Gasteiger partial charge in [-0.25, -0.2) is 17.4 Å². The summed E-state index contributed by atoms with van der Waals surface area (Å²) in [7, 11) is -3.54.